The molecule has 126 valence electrons. The number of hydrogen-bond acceptors (Lipinski definition) is 2. The molecule has 0 unspecified atom stereocenters. The van der Waals surface area contributed by atoms with E-state index in [1.54, 1.807) is 12.1 Å². The Bertz CT molecular complexity index is 789. The van der Waals surface area contributed by atoms with E-state index in [2.05, 4.69) is 10.6 Å². The smallest absolute Gasteiger partial charge is 0.185 e. The fourth-order valence-corrected chi connectivity index (χ4v) is 2.95. The molecule has 2 aromatic carbocycles. The van der Waals surface area contributed by atoms with Crippen LogP contribution in [0.4, 0.5) is 23.2 Å². The van der Waals surface area contributed by atoms with Crippen molar-refractivity contribution in [2.45, 2.75) is 18.6 Å². The molecule has 0 radical (unpaired) electrons. The molecule has 8 heteroatoms. The summed E-state index contributed by atoms with van der Waals surface area (Å²) in [6.45, 7) is 0. The fraction of sp³-hybridized carbons (Fsp3) is 0.188. The quantitative estimate of drug-likeness (QED) is 0.439. The van der Waals surface area contributed by atoms with Crippen LogP contribution in [0.25, 0.3) is 0 Å². The molecule has 2 atom stereocenters. The van der Waals surface area contributed by atoms with E-state index in [1.165, 1.54) is 0 Å². The number of benzene rings is 2. The summed E-state index contributed by atoms with van der Waals surface area (Å²) in [7, 11) is 0. The van der Waals surface area contributed by atoms with Crippen molar-refractivity contribution in [3.8, 4) is 0 Å². The maximum Gasteiger partial charge on any atom is 0.185 e. The van der Waals surface area contributed by atoms with E-state index in [0.717, 1.165) is 11.1 Å². The van der Waals surface area contributed by atoms with Crippen molar-refractivity contribution < 1.29 is 22.7 Å². The van der Waals surface area contributed by atoms with Crippen LogP contribution in [-0.2, 0) is 6.42 Å². The third kappa shape index (κ3) is 2.94. The van der Waals surface area contributed by atoms with E-state index in [-0.39, 0.29) is 11.2 Å². The Hall–Kier alpha value is -2.19. The first-order valence-electron chi connectivity index (χ1n) is 7.05. The van der Waals surface area contributed by atoms with Gasteiger partial charge in [0.15, 0.2) is 28.4 Å². The molecular formula is C16H12F4N2OS. The standard InChI is InChI=1S/C16H12F4N2OS/c17-9-6-10(18)13(20)15(12(9)19)22-16(24)21-14-8-4-2-1-3-7(8)5-11(14)23/h1-4,6,11,14,23H,5H2,(H2,21,22,24)/t11-,14+/m0/s1. The minimum Gasteiger partial charge on any atom is -0.390 e. The van der Waals surface area contributed by atoms with Crippen molar-refractivity contribution in [2.24, 2.45) is 0 Å². The van der Waals surface area contributed by atoms with Crippen LogP contribution in [0.3, 0.4) is 0 Å². The molecule has 1 aliphatic carbocycles. The lowest BCUT2D eigenvalue weighted by atomic mass is 10.1. The molecule has 0 spiro atoms. The van der Waals surface area contributed by atoms with Gasteiger partial charge in [0.25, 0.3) is 0 Å². The lowest BCUT2D eigenvalue weighted by molar-refractivity contribution is 0.151. The van der Waals surface area contributed by atoms with Gasteiger partial charge in [-0.25, -0.2) is 17.6 Å². The molecule has 0 fully saturated rings. The normalized spacial score (nSPS) is 19.0. The van der Waals surface area contributed by atoms with Gasteiger partial charge in [0.1, 0.15) is 5.69 Å². The highest BCUT2D eigenvalue weighted by Gasteiger charge is 2.31. The van der Waals surface area contributed by atoms with Crippen LogP contribution in [-0.4, -0.2) is 16.3 Å². The van der Waals surface area contributed by atoms with Crippen molar-refractivity contribution in [1.29, 1.82) is 0 Å². The Balaban J connectivity index is 1.80. The first kappa shape index (κ1) is 16.7. The number of rotatable bonds is 2. The van der Waals surface area contributed by atoms with Gasteiger partial charge in [0.05, 0.1) is 12.1 Å². The number of anilines is 1. The second-order valence-electron chi connectivity index (χ2n) is 5.39. The van der Waals surface area contributed by atoms with E-state index >= 15 is 0 Å². The SMILES string of the molecule is O[C@H]1Cc2ccccc2[C@H]1NC(=S)Nc1c(F)c(F)cc(F)c1F. The number of aliphatic hydroxyl groups excluding tert-OH is 1. The molecule has 0 heterocycles. The Morgan fingerprint density at radius 1 is 1.08 bits per heavy atom. The van der Waals surface area contributed by atoms with E-state index in [4.69, 9.17) is 12.2 Å². The summed E-state index contributed by atoms with van der Waals surface area (Å²) < 4.78 is 53.7. The molecule has 24 heavy (non-hydrogen) atoms. The molecule has 0 amide bonds. The van der Waals surface area contributed by atoms with Gasteiger partial charge in [-0.15, -0.1) is 0 Å². The molecule has 0 saturated carbocycles. The van der Waals surface area contributed by atoms with Crippen LogP contribution in [0.5, 0.6) is 0 Å². The van der Waals surface area contributed by atoms with Gasteiger partial charge < -0.3 is 15.7 Å². The van der Waals surface area contributed by atoms with Crippen LogP contribution in [0, 0.1) is 23.3 Å². The summed E-state index contributed by atoms with van der Waals surface area (Å²) in [5, 5.41) is 14.7. The number of nitrogens with one attached hydrogen (secondary N) is 2. The van der Waals surface area contributed by atoms with Gasteiger partial charge in [-0.2, -0.15) is 0 Å². The zero-order valence-electron chi connectivity index (χ0n) is 12.1. The summed E-state index contributed by atoms with van der Waals surface area (Å²) in [5.74, 6) is -6.23. The second kappa shape index (κ2) is 6.37. The maximum absolute atomic E-state index is 13.7. The third-order valence-electron chi connectivity index (χ3n) is 3.84. The predicted molar refractivity (Wildman–Crippen MR) is 84.5 cm³/mol. The average Bonchev–Trinajstić information content (AvgIpc) is 2.85. The molecule has 3 N–H and O–H groups in total. The summed E-state index contributed by atoms with van der Waals surface area (Å²) in [5.41, 5.74) is 0.686. The van der Waals surface area contributed by atoms with Gasteiger partial charge in [-0.3, -0.25) is 0 Å². The summed E-state index contributed by atoms with van der Waals surface area (Å²) in [6, 6.07) is 6.76. The molecule has 0 bridgehead atoms. The van der Waals surface area contributed by atoms with Crippen LogP contribution in [0.2, 0.25) is 0 Å². The molecule has 3 nitrogen and oxygen atoms in total. The van der Waals surface area contributed by atoms with Crippen LogP contribution >= 0.6 is 12.2 Å². The van der Waals surface area contributed by atoms with Crippen LogP contribution < -0.4 is 10.6 Å². The Morgan fingerprint density at radius 3 is 2.38 bits per heavy atom. The van der Waals surface area contributed by atoms with E-state index in [9.17, 15) is 22.7 Å². The molecule has 1 aliphatic rings. The van der Waals surface area contributed by atoms with Crippen molar-refractivity contribution in [2.75, 3.05) is 5.32 Å². The zero-order valence-corrected chi connectivity index (χ0v) is 12.9. The first-order chi connectivity index (χ1) is 11.4. The molecular weight excluding hydrogens is 344 g/mol. The molecule has 3 rings (SSSR count). The summed E-state index contributed by atoms with van der Waals surface area (Å²) in [4.78, 5) is 0. The van der Waals surface area contributed by atoms with E-state index < -0.39 is 41.1 Å². The lowest BCUT2D eigenvalue weighted by Gasteiger charge is -2.21. The molecule has 2 aromatic rings. The Labute approximate surface area is 140 Å². The Kier molecular flexibility index (Phi) is 4.42. The number of thiocarbonyl (C=S) groups is 1. The zero-order chi connectivity index (χ0) is 17.4. The highest BCUT2D eigenvalue weighted by atomic mass is 32.1. The topological polar surface area (TPSA) is 44.3 Å². The minimum absolute atomic E-state index is 0.114. The minimum atomic E-state index is -1.58. The van der Waals surface area contributed by atoms with Crippen molar-refractivity contribution in [1.82, 2.24) is 5.32 Å². The Morgan fingerprint density at radius 2 is 1.71 bits per heavy atom. The molecule has 0 saturated heterocycles. The van der Waals surface area contributed by atoms with E-state index in [0.29, 0.717) is 6.42 Å². The van der Waals surface area contributed by atoms with Crippen molar-refractivity contribution >= 4 is 23.0 Å². The van der Waals surface area contributed by atoms with Gasteiger partial charge >= 0.3 is 0 Å². The number of fused-ring (bicyclic) bond motifs is 1. The summed E-state index contributed by atoms with van der Waals surface area (Å²) in [6.07, 6.45) is -0.394. The third-order valence-corrected chi connectivity index (χ3v) is 4.06. The highest BCUT2D eigenvalue weighted by Crippen LogP contribution is 2.31. The number of hydrogen-bond donors (Lipinski definition) is 3. The largest absolute Gasteiger partial charge is 0.390 e. The molecule has 0 aromatic heterocycles. The summed E-state index contributed by atoms with van der Waals surface area (Å²) >= 11 is 4.95. The van der Waals surface area contributed by atoms with Crippen molar-refractivity contribution in [3.05, 3.63) is 64.7 Å². The van der Waals surface area contributed by atoms with E-state index in [1.807, 2.05) is 12.1 Å². The number of aliphatic hydroxyl groups is 1. The van der Waals surface area contributed by atoms with Gasteiger partial charge in [0, 0.05) is 12.5 Å². The van der Waals surface area contributed by atoms with Gasteiger partial charge in [-0.05, 0) is 23.3 Å². The fourth-order valence-electron chi connectivity index (χ4n) is 2.72. The van der Waals surface area contributed by atoms with Crippen LogP contribution in [0.1, 0.15) is 17.2 Å². The van der Waals surface area contributed by atoms with Crippen LogP contribution in [0.15, 0.2) is 30.3 Å². The first-order valence-corrected chi connectivity index (χ1v) is 7.45. The lowest BCUT2D eigenvalue weighted by Crippen LogP contribution is -2.37. The monoisotopic (exact) mass is 356 g/mol. The van der Waals surface area contributed by atoms with Gasteiger partial charge in [0.2, 0.25) is 0 Å². The van der Waals surface area contributed by atoms with Gasteiger partial charge in [-0.1, -0.05) is 24.3 Å². The maximum atomic E-state index is 13.7. The van der Waals surface area contributed by atoms with Crippen molar-refractivity contribution in [3.63, 3.8) is 0 Å². The highest BCUT2D eigenvalue weighted by molar-refractivity contribution is 7.80. The molecule has 0 aliphatic heterocycles. The second-order valence-corrected chi connectivity index (χ2v) is 5.80. The number of halogens is 4. The predicted octanol–water partition coefficient (Wildman–Crippen LogP) is 3.19. The average molecular weight is 356 g/mol.